The van der Waals surface area contributed by atoms with Crippen LogP contribution in [0.5, 0.6) is 0 Å². The topological polar surface area (TPSA) is 92.5 Å². The number of nitrogens with zero attached hydrogens (tertiary/aromatic N) is 1. The molecule has 1 amide bonds. The number of carbonyl (C=O) groups is 1. The van der Waals surface area contributed by atoms with Crippen LogP contribution in [0.25, 0.3) is 0 Å². The molecule has 3 rings (SSSR count). The number of anilines is 1. The molecule has 1 saturated heterocycles. The van der Waals surface area contributed by atoms with Gasteiger partial charge in [0.25, 0.3) is 0 Å². The molecule has 1 aliphatic heterocycles. The number of sulfonamides is 1. The monoisotopic (exact) mass is 441 g/mol. The SMILES string of the molecule is NS(=O)(=O)c1ccc(NC(=O)C2CCN(Cc3cccc(C(F)(F)F)c3)CC2)cc1. The number of benzene rings is 2. The van der Waals surface area contributed by atoms with Crippen LogP contribution in [0.3, 0.4) is 0 Å². The molecular weight excluding hydrogens is 419 g/mol. The Labute approximate surface area is 172 Å². The van der Waals surface area contributed by atoms with Crippen LogP contribution >= 0.6 is 0 Å². The normalized spacial score (nSPS) is 16.4. The second-order valence-electron chi connectivity index (χ2n) is 7.31. The molecule has 10 heteroatoms. The van der Waals surface area contributed by atoms with Gasteiger partial charge in [-0.1, -0.05) is 18.2 Å². The first kappa shape index (κ1) is 22.3. The van der Waals surface area contributed by atoms with Gasteiger partial charge in [-0.2, -0.15) is 13.2 Å². The van der Waals surface area contributed by atoms with Crippen molar-refractivity contribution in [2.24, 2.45) is 11.1 Å². The standard InChI is InChI=1S/C20H22F3N3O3S/c21-20(22,23)16-3-1-2-14(12-16)13-26-10-8-15(9-11-26)19(27)25-17-4-6-18(7-5-17)30(24,28)29/h1-7,12,15H,8-11,13H2,(H,25,27)(H2,24,28,29). The molecule has 2 aromatic carbocycles. The highest BCUT2D eigenvalue weighted by Crippen LogP contribution is 2.30. The van der Waals surface area contributed by atoms with E-state index in [2.05, 4.69) is 5.32 Å². The van der Waals surface area contributed by atoms with Crippen molar-refractivity contribution < 1.29 is 26.4 Å². The lowest BCUT2D eigenvalue weighted by molar-refractivity contribution is -0.137. The molecular formula is C20H22F3N3O3S. The van der Waals surface area contributed by atoms with Crippen LogP contribution in [-0.4, -0.2) is 32.3 Å². The van der Waals surface area contributed by atoms with E-state index in [0.29, 0.717) is 43.7 Å². The third-order valence-corrected chi connectivity index (χ3v) is 6.00. The molecule has 3 N–H and O–H groups in total. The van der Waals surface area contributed by atoms with Gasteiger partial charge in [-0.3, -0.25) is 9.69 Å². The van der Waals surface area contributed by atoms with Gasteiger partial charge in [0.2, 0.25) is 15.9 Å². The number of rotatable bonds is 5. The van der Waals surface area contributed by atoms with Gasteiger partial charge in [0.1, 0.15) is 0 Å². The molecule has 0 unspecified atom stereocenters. The Morgan fingerprint density at radius 3 is 2.30 bits per heavy atom. The number of carbonyl (C=O) groups excluding carboxylic acids is 1. The van der Waals surface area contributed by atoms with Crippen LogP contribution in [0.4, 0.5) is 18.9 Å². The van der Waals surface area contributed by atoms with Gasteiger partial charge in [-0.15, -0.1) is 0 Å². The summed E-state index contributed by atoms with van der Waals surface area (Å²) >= 11 is 0. The first-order valence-electron chi connectivity index (χ1n) is 9.34. The van der Waals surface area contributed by atoms with Crippen molar-refractivity contribution in [3.63, 3.8) is 0 Å². The number of halogens is 3. The van der Waals surface area contributed by atoms with Crippen molar-refractivity contribution >= 4 is 21.6 Å². The molecule has 1 fully saturated rings. The minimum atomic E-state index is -4.37. The summed E-state index contributed by atoms with van der Waals surface area (Å²) in [6.07, 6.45) is -3.20. The van der Waals surface area contributed by atoms with Gasteiger partial charge in [-0.25, -0.2) is 13.6 Å². The van der Waals surface area contributed by atoms with Crippen molar-refractivity contribution in [2.45, 2.75) is 30.5 Å². The molecule has 0 aromatic heterocycles. The van der Waals surface area contributed by atoms with E-state index in [1.807, 2.05) is 4.90 Å². The highest BCUT2D eigenvalue weighted by Gasteiger charge is 2.31. The number of hydrogen-bond donors (Lipinski definition) is 2. The largest absolute Gasteiger partial charge is 0.416 e. The first-order chi connectivity index (χ1) is 14.0. The number of alkyl halides is 3. The number of nitrogens with two attached hydrogens (primary N) is 1. The zero-order valence-corrected chi connectivity index (χ0v) is 16.8. The lowest BCUT2D eigenvalue weighted by Gasteiger charge is -2.31. The van der Waals surface area contributed by atoms with Gasteiger partial charge in [0.15, 0.2) is 0 Å². The smallest absolute Gasteiger partial charge is 0.326 e. The predicted molar refractivity (Wildman–Crippen MR) is 106 cm³/mol. The van der Waals surface area contributed by atoms with E-state index in [0.717, 1.165) is 12.1 Å². The summed E-state index contributed by atoms with van der Waals surface area (Å²) in [5, 5.41) is 7.81. The average molecular weight is 441 g/mol. The Morgan fingerprint density at radius 1 is 1.10 bits per heavy atom. The minimum Gasteiger partial charge on any atom is -0.326 e. The molecule has 1 aliphatic rings. The average Bonchev–Trinajstić information content (AvgIpc) is 2.68. The number of likely N-dealkylation sites (tertiary alicyclic amines) is 1. The van der Waals surface area contributed by atoms with Gasteiger partial charge in [-0.05, 0) is 61.8 Å². The van der Waals surface area contributed by atoms with Crippen LogP contribution in [0.2, 0.25) is 0 Å². The predicted octanol–water partition coefficient (Wildman–Crippen LogP) is 3.20. The van der Waals surface area contributed by atoms with Crippen LogP contribution in [0.15, 0.2) is 53.4 Å². The Balaban J connectivity index is 1.52. The Hall–Kier alpha value is -2.43. The Kier molecular flexibility index (Phi) is 6.49. The summed E-state index contributed by atoms with van der Waals surface area (Å²) in [5.41, 5.74) is 0.393. The van der Waals surface area contributed by atoms with Crippen LogP contribution in [0, 0.1) is 5.92 Å². The zero-order valence-electron chi connectivity index (χ0n) is 16.0. The number of hydrogen-bond acceptors (Lipinski definition) is 4. The fourth-order valence-corrected chi connectivity index (χ4v) is 3.95. The Bertz CT molecular complexity index is 1000. The number of piperidine rings is 1. The summed E-state index contributed by atoms with van der Waals surface area (Å²) in [4.78, 5) is 14.5. The maximum atomic E-state index is 12.9. The van der Waals surface area contributed by atoms with E-state index in [9.17, 15) is 26.4 Å². The summed E-state index contributed by atoms with van der Waals surface area (Å²) in [6.45, 7) is 1.59. The molecule has 0 atom stereocenters. The summed E-state index contributed by atoms with van der Waals surface area (Å²) in [5.74, 6) is -0.391. The zero-order chi connectivity index (χ0) is 21.9. The molecule has 0 bridgehead atoms. The van der Waals surface area contributed by atoms with Gasteiger partial charge in [0.05, 0.1) is 10.5 Å². The minimum absolute atomic E-state index is 0.0385. The first-order valence-corrected chi connectivity index (χ1v) is 10.9. The molecule has 30 heavy (non-hydrogen) atoms. The molecule has 0 saturated carbocycles. The highest BCUT2D eigenvalue weighted by molar-refractivity contribution is 7.89. The quantitative estimate of drug-likeness (QED) is 0.745. The molecule has 1 heterocycles. The van der Waals surface area contributed by atoms with Crippen LogP contribution in [0.1, 0.15) is 24.0 Å². The second kappa shape index (κ2) is 8.75. The van der Waals surface area contributed by atoms with E-state index in [1.54, 1.807) is 6.07 Å². The Morgan fingerprint density at radius 2 is 1.73 bits per heavy atom. The van der Waals surface area contributed by atoms with Crippen molar-refractivity contribution in [3.05, 3.63) is 59.7 Å². The third-order valence-electron chi connectivity index (χ3n) is 5.07. The van der Waals surface area contributed by atoms with E-state index in [-0.39, 0.29) is 16.7 Å². The van der Waals surface area contributed by atoms with Crippen LogP contribution < -0.4 is 10.5 Å². The number of nitrogens with one attached hydrogen (secondary N) is 1. The second-order valence-corrected chi connectivity index (χ2v) is 8.87. The van der Waals surface area contributed by atoms with Gasteiger partial charge < -0.3 is 5.32 Å². The molecule has 0 radical (unpaired) electrons. The van der Waals surface area contributed by atoms with E-state index in [4.69, 9.17) is 5.14 Å². The molecule has 2 aromatic rings. The fraction of sp³-hybridized carbons (Fsp3) is 0.350. The van der Waals surface area contributed by atoms with Gasteiger partial charge in [0, 0.05) is 18.2 Å². The van der Waals surface area contributed by atoms with Crippen molar-refractivity contribution in [2.75, 3.05) is 18.4 Å². The van der Waals surface area contributed by atoms with E-state index < -0.39 is 21.8 Å². The maximum Gasteiger partial charge on any atom is 0.416 e. The number of primary sulfonamides is 1. The molecule has 162 valence electrons. The van der Waals surface area contributed by atoms with Gasteiger partial charge >= 0.3 is 6.18 Å². The molecule has 0 aliphatic carbocycles. The van der Waals surface area contributed by atoms with Crippen molar-refractivity contribution in [1.82, 2.24) is 4.90 Å². The van der Waals surface area contributed by atoms with E-state index in [1.165, 1.54) is 30.3 Å². The fourth-order valence-electron chi connectivity index (χ4n) is 3.43. The lowest BCUT2D eigenvalue weighted by Crippen LogP contribution is -2.37. The van der Waals surface area contributed by atoms with Crippen LogP contribution in [-0.2, 0) is 27.5 Å². The molecule has 0 spiro atoms. The third kappa shape index (κ3) is 5.80. The lowest BCUT2D eigenvalue weighted by atomic mass is 9.95. The molecule has 6 nitrogen and oxygen atoms in total. The highest BCUT2D eigenvalue weighted by atomic mass is 32.2. The maximum absolute atomic E-state index is 12.9. The van der Waals surface area contributed by atoms with Crippen molar-refractivity contribution in [1.29, 1.82) is 0 Å². The van der Waals surface area contributed by atoms with E-state index >= 15 is 0 Å². The summed E-state index contributed by atoms with van der Waals surface area (Å²) in [6, 6.07) is 10.9. The van der Waals surface area contributed by atoms with Crippen molar-refractivity contribution in [3.8, 4) is 0 Å². The summed E-state index contributed by atoms with van der Waals surface area (Å²) in [7, 11) is -3.79. The summed E-state index contributed by atoms with van der Waals surface area (Å²) < 4.78 is 61.1. The number of amides is 1.